The van der Waals surface area contributed by atoms with Crippen LogP contribution >= 0.6 is 0 Å². The third-order valence-corrected chi connectivity index (χ3v) is 4.82. The molecule has 0 amide bonds. The average molecular weight is 352 g/mol. The van der Waals surface area contributed by atoms with Crippen LogP contribution in [0.1, 0.15) is 40.9 Å². The van der Waals surface area contributed by atoms with Gasteiger partial charge in [-0.25, -0.2) is 4.98 Å². The molecule has 26 heavy (non-hydrogen) atoms. The number of aliphatic hydroxyl groups is 1. The lowest BCUT2D eigenvalue weighted by atomic mass is 10.1. The molecule has 0 radical (unpaired) electrons. The van der Waals surface area contributed by atoms with E-state index in [1.54, 1.807) is 0 Å². The van der Waals surface area contributed by atoms with Crippen molar-refractivity contribution in [2.24, 2.45) is 0 Å². The fourth-order valence-corrected chi connectivity index (χ4v) is 3.38. The van der Waals surface area contributed by atoms with E-state index in [1.807, 2.05) is 0 Å². The Bertz CT molecular complexity index is 892. The maximum absolute atomic E-state index is 9.65. The molecule has 0 saturated carbocycles. The van der Waals surface area contributed by atoms with Gasteiger partial charge in [-0.1, -0.05) is 6.07 Å². The molecular weight excluding hydrogens is 324 g/mol. The molecule has 0 unspecified atom stereocenters. The van der Waals surface area contributed by atoms with Gasteiger partial charge in [-0.3, -0.25) is 0 Å². The van der Waals surface area contributed by atoms with E-state index in [4.69, 9.17) is 4.74 Å². The number of aliphatic hydroxyl groups excluding tert-OH is 1. The Kier molecular flexibility index (Phi) is 5.62. The number of fused-ring (bicyclic) bond motifs is 1. The summed E-state index contributed by atoms with van der Waals surface area (Å²) in [5.41, 5.74) is 7.00. The molecule has 1 aromatic heterocycles. The molecule has 0 bridgehead atoms. The molecule has 1 N–H and O–H groups in total. The average Bonchev–Trinajstić information content (AvgIpc) is 2.91. The Hall–Kier alpha value is -2.33. The summed E-state index contributed by atoms with van der Waals surface area (Å²) in [6.45, 7) is 9.88. The Balaban J connectivity index is 1.61. The van der Waals surface area contributed by atoms with Gasteiger partial charge < -0.3 is 14.4 Å². The Morgan fingerprint density at radius 1 is 0.923 bits per heavy atom. The maximum atomic E-state index is 9.65. The van der Waals surface area contributed by atoms with Crippen LogP contribution in [0.15, 0.2) is 30.3 Å². The summed E-state index contributed by atoms with van der Waals surface area (Å²) in [6, 6.07) is 10.6. The number of nitrogens with zero attached hydrogens (tertiary/aromatic N) is 2. The smallest absolute Gasteiger partial charge is 0.135 e. The SMILES string of the molecule is Cc1cc(C)cc(OCCCCn2c(CO)nc3cc(C)c(C)cc32)c1. The van der Waals surface area contributed by atoms with E-state index in [9.17, 15) is 5.11 Å². The van der Waals surface area contributed by atoms with Crippen molar-refractivity contribution in [3.05, 3.63) is 58.4 Å². The molecule has 0 fully saturated rings. The summed E-state index contributed by atoms with van der Waals surface area (Å²) in [7, 11) is 0. The minimum absolute atomic E-state index is 0.0359. The van der Waals surface area contributed by atoms with Gasteiger partial charge in [0.05, 0.1) is 17.6 Å². The summed E-state index contributed by atoms with van der Waals surface area (Å²) in [4.78, 5) is 4.58. The number of rotatable bonds is 7. The molecule has 3 aromatic rings. The van der Waals surface area contributed by atoms with Crippen molar-refractivity contribution in [3.8, 4) is 5.75 Å². The molecule has 0 spiro atoms. The first kappa shape index (κ1) is 18.5. The molecule has 0 saturated heterocycles. The van der Waals surface area contributed by atoms with Crippen LogP contribution in [0.4, 0.5) is 0 Å². The van der Waals surface area contributed by atoms with Crippen molar-refractivity contribution in [2.45, 2.75) is 53.7 Å². The van der Waals surface area contributed by atoms with Gasteiger partial charge in [0.15, 0.2) is 0 Å². The van der Waals surface area contributed by atoms with Gasteiger partial charge in [0.2, 0.25) is 0 Å². The highest BCUT2D eigenvalue weighted by atomic mass is 16.5. The molecule has 3 rings (SSSR count). The number of imidazole rings is 1. The van der Waals surface area contributed by atoms with E-state index in [-0.39, 0.29) is 6.61 Å². The Morgan fingerprint density at radius 3 is 2.31 bits per heavy atom. The van der Waals surface area contributed by atoms with Gasteiger partial charge in [-0.05, 0) is 87.1 Å². The number of ether oxygens (including phenoxy) is 1. The van der Waals surface area contributed by atoms with E-state index in [2.05, 4.69) is 67.6 Å². The van der Waals surface area contributed by atoms with Gasteiger partial charge in [0, 0.05) is 6.54 Å². The van der Waals surface area contributed by atoms with Crippen LogP contribution in [0.25, 0.3) is 11.0 Å². The highest BCUT2D eigenvalue weighted by Crippen LogP contribution is 2.22. The second kappa shape index (κ2) is 7.92. The number of unbranched alkanes of at least 4 members (excludes halogenated alkanes) is 1. The molecular formula is C22H28N2O2. The number of hydrogen-bond donors (Lipinski definition) is 1. The lowest BCUT2D eigenvalue weighted by Crippen LogP contribution is -2.06. The molecule has 2 aromatic carbocycles. The van der Waals surface area contributed by atoms with Crippen molar-refractivity contribution in [3.63, 3.8) is 0 Å². The summed E-state index contributed by atoms with van der Waals surface area (Å²) >= 11 is 0. The predicted molar refractivity (Wildman–Crippen MR) is 106 cm³/mol. The van der Waals surface area contributed by atoms with E-state index >= 15 is 0 Å². The molecule has 138 valence electrons. The van der Waals surface area contributed by atoms with E-state index in [1.165, 1.54) is 22.3 Å². The number of hydrogen-bond acceptors (Lipinski definition) is 3. The molecule has 0 aliphatic carbocycles. The van der Waals surface area contributed by atoms with E-state index in [0.717, 1.165) is 42.0 Å². The van der Waals surface area contributed by atoms with Gasteiger partial charge in [0.25, 0.3) is 0 Å². The van der Waals surface area contributed by atoms with Crippen molar-refractivity contribution in [1.29, 1.82) is 0 Å². The highest BCUT2D eigenvalue weighted by Gasteiger charge is 2.11. The van der Waals surface area contributed by atoms with E-state index < -0.39 is 0 Å². The summed E-state index contributed by atoms with van der Waals surface area (Å²) in [6.07, 6.45) is 1.94. The van der Waals surface area contributed by atoms with Crippen LogP contribution in [0, 0.1) is 27.7 Å². The lowest BCUT2D eigenvalue weighted by Gasteiger charge is -2.10. The number of aryl methyl sites for hydroxylation is 5. The van der Waals surface area contributed by atoms with Gasteiger partial charge >= 0.3 is 0 Å². The first-order valence-electron chi connectivity index (χ1n) is 9.26. The third-order valence-electron chi connectivity index (χ3n) is 4.82. The van der Waals surface area contributed by atoms with Crippen LogP contribution in [0.2, 0.25) is 0 Å². The lowest BCUT2D eigenvalue weighted by molar-refractivity contribution is 0.263. The number of benzene rings is 2. The second-order valence-electron chi connectivity index (χ2n) is 7.14. The third kappa shape index (κ3) is 4.07. The fraction of sp³-hybridized carbons (Fsp3) is 0.409. The first-order valence-corrected chi connectivity index (χ1v) is 9.26. The summed E-state index contributed by atoms with van der Waals surface area (Å²) in [5, 5.41) is 9.65. The van der Waals surface area contributed by atoms with Crippen LogP contribution in [0.5, 0.6) is 5.75 Å². The number of aromatic nitrogens is 2. The quantitative estimate of drug-likeness (QED) is 0.631. The minimum Gasteiger partial charge on any atom is -0.494 e. The molecule has 4 heteroatoms. The van der Waals surface area contributed by atoms with Crippen LogP contribution in [-0.2, 0) is 13.2 Å². The monoisotopic (exact) mass is 352 g/mol. The summed E-state index contributed by atoms with van der Waals surface area (Å²) < 4.78 is 8.03. The zero-order valence-electron chi connectivity index (χ0n) is 16.2. The fourth-order valence-electron chi connectivity index (χ4n) is 3.38. The van der Waals surface area contributed by atoms with E-state index in [0.29, 0.717) is 6.61 Å². The Labute approximate surface area is 155 Å². The van der Waals surface area contributed by atoms with Crippen molar-refractivity contribution in [2.75, 3.05) is 6.61 Å². The van der Waals surface area contributed by atoms with Gasteiger partial charge in [0.1, 0.15) is 18.2 Å². The summed E-state index contributed by atoms with van der Waals surface area (Å²) in [5.74, 6) is 1.68. The van der Waals surface area contributed by atoms with Crippen LogP contribution < -0.4 is 4.74 Å². The Morgan fingerprint density at radius 2 is 1.62 bits per heavy atom. The van der Waals surface area contributed by atoms with Crippen LogP contribution in [0.3, 0.4) is 0 Å². The van der Waals surface area contributed by atoms with Crippen molar-refractivity contribution in [1.82, 2.24) is 9.55 Å². The molecule has 1 heterocycles. The second-order valence-corrected chi connectivity index (χ2v) is 7.14. The molecule has 0 atom stereocenters. The predicted octanol–water partition coefficient (Wildman–Crippen LogP) is 4.62. The molecule has 0 aliphatic heterocycles. The molecule has 4 nitrogen and oxygen atoms in total. The zero-order chi connectivity index (χ0) is 18.7. The standard InChI is InChI=1S/C22H28N2O2/c1-15-9-16(2)11-19(10-15)26-8-6-5-7-24-21-13-18(4)17(3)12-20(21)23-22(24)14-25/h9-13,25H,5-8,14H2,1-4H3. The first-order chi connectivity index (χ1) is 12.5. The normalized spacial score (nSPS) is 11.3. The minimum atomic E-state index is -0.0359. The molecule has 0 aliphatic rings. The highest BCUT2D eigenvalue weighted by molar-refractivity contribution is 5.78. The van der Waals surface area contributed by atoms with Crippen molar-refractivity contribution < 1.29 is 9.84 Å². The maximum Gasteiger partial charge on any atom is 0.135 e. The van der Waals surface area contributed by atoms with Gasteiger partial charge in [-0.2, -0.15) is 0 Å². The topological polar surface area (TPSA) is 47.3 Å². The van der Waals surface area contributed by atoms with Crippen molar-refractivity contribution >= 4 is 11.0 Å². The van der Waals surface area contributed by atoms with Gasteiger partial charge in [-0.15, -0.1) is 0 Å². The van der Waals surface area contributed by atoms with Crippen LogP contribution in [-0.4, -0.2) is 21.3 Å². The zero-order valence-corrected chi connectivity index (χ0v) is 16.2. The largest absolute Gasteiger partial charge is 0.494 e.